The van der Waals surface area contributed by atoms with Gasteiger partial charge in [0.2, 0.25) is 0 Å². The Kier molecular flexibility index (Phi) is 4.27. The highest BCUT2D eigenvalue weighted by atomic mass is 32.1. The molecule has 1 aromatic carbocycles. The van der Waals surface area contributed by atoms with E-state index in [1.165, 1.54) is 23.5 Å². The molecule has 22 heavy (non-hydrogen) atoms. The summed E-state index contributed by atoms with van der Waals surface area (Å²) in [6.45, 7) is 4.73. The Morgan fingerprint density at radius 2 is 2.23 bits per heavy atom. The van der Waals surface area contributed by atoms with Crippen LogP contribution in [0.4, 0.5) is 18.3 Å². The summed E-state index contributed by atoms with van der Waals surface area (Å²) in [5, 5.41) is 4.29. The SMILES string of the molecule is CCC[C@@H]1CN(c2nc3ccc(C(F)(F)F)cc3s2)CCN1. The van der Waals surface area contributed by atoms with Crippen LogP contribution in [0.5, 0.6) is 0 Å². The Labute approximate surface area is 131 Å². The lowest BCUT2D eigenvalue weighted by atomic mass is 10.1. The first kappa shape index (κ1) is 15.6. The number of halogens is 3. The normalized spacial score (nSPS) is 19.8. The number of nitrogens with one attached hydrogen (secondary N) is 1. The van der Waals surface area contributed by atoms with E-state index in [1.807, 2.05) is 0 Å². The average Bonchev–Trinajstić information content (AvgIpc) is 2.90. The highest BCUT2D eigenvalue weighted by Crippen LogP contribution is 2.35. The fourth-order valence-corrected chi connectivity index (χ4v) is 3.80. The molecule has 0 amide bonds. The largest absolute Gasteiger partial charge is 0.416 e. The zero-order valence-electron chi connectivity index (χ0n) is 12.3. The molecule has 1 aliphatic heterocycles. The zero-order valence-corrected chi connectivity index (χ0v) is 13.1. The molecule has 0 aliphatic carbocycles. The van der Waals surface area contributed by atoms with Gasteiger partial charge in [-0.2, -0.15) is 13.2 Å². The predicted octanol–water partition coefficient (Wildman–Crippen LogP) is 3.89. The Hall–Kier alpha value is -1.34. The molecule has 120 valence electrons. The van der Waals surface area contributed by atoms with Crippen molar-refractivity contribution in [3.63, 3.8) is 0 Å². The summed E-state index contributed by atoms with van der Waals surface area (Å²) in [6, 6.07) is 4.19. The summed E-state index contributed by atoms with van der Waals surface area (Å²) in [5.74, 6) is 0. The van der Waals surface area contributed by atoms with E-state index < -0.39 is 11.7 Å². The van der Waals surface area contributed by atoms with Crippen LogP contribution < -0.4 is 10.2 Å². The van der Waals surface area contributed by atoms with Crippen LogP contribution in [-0.4, -0.2) is 30.7 Å². The fraction of sp³-hybridized carbons (Fsp3) is 0.533. The lowest BCUT2D eigenvalue weighted by molar-refractivity contribution is -0.137. The van der Waals surface area contributed by atoms with Crippen LogP contribution in [0.15, 0.2) is 18.2 Å². The van der Waals surface area contributed by atoms with Gasteiger partial charge in [0.25, 0.3) is 0 Å². The summed E-state index contributed by atoms with van der Waals surface area (Å²) >= 11 is 1.34. The Morgan fingerprint density at radius 1 is 1.41 bits per heavy atom. The minimum atomic E-state index is -4.31. The maximum atomic E-state index is 12.8. The molecule has 1 saturated heterocycles. The van der Waals surface area contributed by atoms with E-state index in [-0.39, 0.29) is 0 Å². The van der Waals surface area contributed by atoms with E-state index in [2.05, 4.69) is 22.1 Å². The first-order valence-electron chi connectivity index (χ1n) is 7.43. The first-order valence-corrected chi connectivity index (χ1v) is 8.25. The molecule has 0 bridgehead atoms. The number of hydrogen-bond acceptors (Lipinski definition) is 4. The molecule has 2 heterocycles. The lowest BCUT2D eigenvalue weighted by Gasteiger charge is -2.33. The minimum Gasteiger partial charge on any atom is -0.345 e. The summed E-state index contributed by atoms with van der Waals surface area (Å²) in [6.07, 6.45) is -2.10. The van der Waals surface area contributed by atoms with Crippen molar-refractivity contribution in [1.82, 2.24) is 10.3 Å². The summed E-state index contributed by atoms with van der Waals surface area (Å²) in [5.41, 5.74) is 0.0259. The number of thiazole rings is 1. The standard InChI is InChI=1S/C15H18F3N3S/c1-2-3-11-9-21(7-6-19-11)14-20-12-5-4-10(15(16,17)18)8-13(12)22-14/h4-5,8,11,19H,2-3,6-7,9H2,1H3/t11-/m1/s1. The second-order valence-electron chi connectivity index (χ2n) is 5.56. The minimum absolute atomic E-state index is 0.427. The van der Waals surface area contributed by atoms with Crippen molar-refractivity contribution in [3.8, 4) is 0 Å². The fourth-order valence-electron chi connectivity index (χ4n) is 2.77. The van der Waals surface area contributed by atoms with E-state index in [1.54, 1.807) is 0 Å². The van der Waals surface area contributed by atoms with Crippen molar-refractivity contribution >= 4 is 26.7 Å². The number of hydrogen-bond donors (Lipinski definition) is 1. The zero-order chi connectivity index (χ0) is 15.7. The first-order chi connectivity index (χ1) is 10.5. The third-order valence-corrected chi connectivity index (χ3v) is 4.95. The number of rotatable bonds is 3. The topological polar surface area (TPSA) is 28.2 Å². The molecule has 1 aromatic heterocycles. The third-order valence-electron chi connectivity index (χ3n) is 3.87. The second kappa shape index (κ2) is 6.04. The molecule has 1 N–H and O–H groups in total. The second-order valence-corrected chi connectivity index (χ2v) is 6.57. The van der Waals surface area contributed by atoms with Crippen molar-refractivity contribution in [3.05, 3.63) is 23.8 Å². The van der Waals surface area contributed by atoms with Gasteiger partial charge in [0.1, 0.15) is 0 Å². The van der Waals surface area contributed by atoms with Gasteiger partial charge in [0, 0.05) is 25.7 Å². The molecule has 1 aliphatic rings. The number of alkyl halides is 3. The number of piperazine rings is 1. The van der Waals surface area contributed by atoms with Gasteiger partial charge in [-0.15, -0.1) is 0 Å². The Balaban J connectivity index is 1.85. The highest BCUT2D eigenvalue weighted by molar-refractivity contribution is 7.22. The molecule has 0 radical (unpaired) electrons. The molecular weight excluding hydrogens is 311 g/mol. The smallest absolute Gasteiger partial charge is 0.345 e. The van der Waals surface area contributed by atoms with Crippen LogP contribution >= 0.6 is 11.3 Å². The molecule has 2 aromatic rings. The number of fused-ring (bicyclic) bond motifs is 1. The van der Waals surface area contributed by atoms with Gasteiger partial charge in [-0.05, 0) is 24.6 Å². The van der Waals surface area contributed by atoms with E-state index in [0.29, 0.717) is 16.3 Å². The van der Waals surface area contributed by atoms with Crippen molar-refractivity contribution in [1.29, 1.82) is 0 Å². The number of nitrogens with zero attached hydrogens (tertiary/aromatic N) is 2. The van der Waals surface area contributed by atoms with E-state index >= 15 is 0 Å². The van der Waals surface area contributed by atoms with Crippen LogP contribution in [0.2, 0.25) is 0 Å². The van der Waals surface area contributed by atoms with Crippen LogP contribution in [0.1, 0.15) is 25.3 Å². The van der Waals surface area contributed by atoms with Crippen molar-refractivity contribution in [2.24, 2.45) is 0 Å². The summed E-state index contributed by atoms with van der Waals surface area (Å²) in [7, 11) is 0. The van der Waals surface area contributed by atoms with Gasteiger partial charge in [-0.25, -0.2) is 4.98 Å². The van der Waals surface area contributed by atoms with Gasteiger partial charge in [-0.3, -0.25) is 0 Å². The van der Waals surface area contributed by atoms with E-state index in [9.17, 15) is 13.2 Å². The maximum absolute atomic E-state index is 12.8. The van der Waals surface area contributed by atoms with Crippen LogP contribution in [0, 0.1) is 0 Å². The molecule has 0 saturated carbocycles. The van der Waals surface area contributed by atoms with E-state index in [0.717, 1.165) is 43.7 Å². The highest BCUT2D eigenvalue weighted by Gasteiger charge is 2.31. The van der Waals surface area contributed by atoms with E-state index in [4.69, 9.17) is 0 Å². The monoisotopic (exact) mass is 329 g/mol. The van der Waals surface area contributed by atoms with Gasteiger partial charge in [0.05, 0.1) is 15.8 Å². The molecule has 3 nitrogen and oxygen atoms in total. The van der Waals surface area contributed by atoms with Crippen molar-refractivity contribution in [2.75, 3.05) is 24.5 Å². The van der Waals surface area contributed by atoms with Crippen LogP contribution in [0.3, 0.4) is 0 Å². The molecular formula is C15H18F3N3S. The molecule has 1 atom stereocenters. The Bertz CT molecular complexity index is 651. The van der Waals surface area contributed by atoms with Crippen molar-refractivity contribution < 1.29 is 13.2 Å². The lowest BCUT2D eigenvalue weighted by Crippen LogP contribution is -2.50. The number of anilines is 1. The molecule has 7 heteroatoms. The van der Waals surface area contributed by atoms with Crippen LogP contribution in [-0.2, 0) is 6.18 Å². The predicted molar refractivity (Wildman–Crippen MR) is 83.5 cm³/mol. The summed E-state index contributed by atoms with van der Waals surface area (Å²) < 4.78 is 38.9. The van der Waals surface area contributed by atoms with Gasteiger partial charge in [-0.1, -0.05) is 24.7 Å². The van der Waals surface area contributed by atoms with Crippen molar-refractivity contribution in [2.45, 2.75) is 32.0 Å². The summed E-state index contributed by atoms with van der Waals surface area (Å²) in [4.78, 5) is 6.68. The van der Waals surface area contributed by atoms with Gasteiger partial charge in [0.15, 0.2) is 5.13 Å². The molecule has 3 rings (SSSR count). The van der Waals surface area contributed by atoms with Gasteiger partial charge >= 0.3 is 6.18 Å². The maximum Gasteiger partial charge on any atom is 0.416 e. The third kappa shape index (κ3) is 3.20. The number of benzene rings is 1. The van der Waals surface area contributed by atoms with Gasteiger partial charge < -0.3 is 10.2 Å². The molecule has 0 unspecified atom stereocenters. The molecule has 1 fully saturated rings. The average molecular weight is 329 g/mol. The molecule has 0 spiro atoms. The van der Waals surface area contributed by atoms with Crippen LogP contribution in [0.25, 0.3) is 10.2 Å². The Morgan fingerprint density at radius 3 is 2.95 bits per heavy atom. The number of aromatic nitrogens is 1. The quantitative estimate of drug-likeness (QED) is 0.926.